The summed E-state index contributed by atoms with van der Waals surface area (Å²) in [4.78, 5) is 10.5. The lowest BCUT2D eigenvalue weighted by Crippen LogP contribution is -2.42. The van der Waals surface area contributed by atoms with E-state index >= 15 is 0 Å². The summed E-state index contributed by atoms with van der Waals surface area (Å²) < 4.78 is 0. The second-order valence-corrected chi connectivity index (χ2v) is 3.46. The Hall–Kier alpha value is -0.610. The molecule has 1 heterocycles. The van der Waals surface area contributed by atoms with Crippen LogP contribution in [0, 0.1) is 0 Å². The fraction of sp³-hybridized carbons (Fsp3) is 0.889. The van der Waals surface area contributed by atoms with Crippen molar-refractivity contribution in [2.45, 2.75) is 25.8 Å². The summed E-state index contributed by atoms with van der Waals surface area (Å²) in [7, 11) is 0. The van der Waals surface area contributed by atoms with Crippen molar-refractivity contribution in [2.75, 3.05) is 26.2 Å². The second-order valence-electron chi connectivity index (χ2n) is 3.46. The third-order valence-electron chi connectivity index (χ3n) is 2.27. The summed E-state index contributed by atoms with van der Waals surface area (Å²) >= 11 is 0. The third-order valence-corrected chi connectivity index (χ3v) is 2.27. The molecule has 1 rings (SSSR count). The van der Waals surface area contributed by atoms with Crippen LogP contribution in [0.25, 0.3) is 0 Å². The monoisotopic (exact) mass is 185 g/mol. The zero-order chi connectivity index (χ0) is 9.52. The van der Waals surface area contributed by atoms with Crippen molar-refractivity contribution in [3.05, 3.63) is 0 Å². The molecule has 1 aliphatic rings. The number of hydrogen-bond donors (Lipinski definition) is 3. The lowest BCUT2D eigenvalue weighted by molar-refractivity contribution is -0.118. The van der Waals surface area contributed by atoms with Gasteiger partial charge in [0.15, 0.2) is 0 Å². The van der Waals surface area contributed by atoms with E-state index in [0.29, 0.717) is 6.04 Å². The molecule has 0 aromatic heterocycles. The Bertz CT molecular complexity index is 155. The van der Waals surface area contributed by atoms with Gasteiger partial charge < -0.3 is 16.0 Å². The molecule has 0 radical (unpaired) electrons. The van der Waals surface area contributed by atoms with E-state index in [9.17, 15) is 4.79 Å². The predicted octanol–water partition coefficient (Wildman–Crippen LogP) is -0.536. The molecule has 0 saturated carbocycles. The first kappa shape index (κ1) is 10.5. The molecule has 1 amide bonds. The molecule has 0 bridgehead atoms. The second kappa shape index (κ2) is 5.94. The van der Waals surface area contributed by atoms with Crippen LogP contribution >= 0.6 is 0 Å². The summed E-state index contributed by atoms with van der Waals surface area (Å²) in [5.41, 5.74) is 0. The number of carbonyl (C=O) groups excluding carboxylic acids is 1. The van der Waals surface area contributed by atoms with E-state index < -0.39 is 0 Å². The minimum atomic E-state index is 0.0483. The van der Waals surface area contributed by atoms with Gasteiger partial charge in [0.05, 0.1) is 0 Å². The SMILES string of the molecule is CC(=O)NCCNC1CCNCC1. The van der Waals surface area contributed by atoms with Gasteiger partial charge in [-0.1, -0.05) is 0 Å². The maximum atomic E-state index is 10.5. The van der Waals surface area contributed by atoms with E-state index in [1.165, 1.54) is 12.8 Å². The molecule has 1 fully saturated rings. The highest BCUT2D eigenvalue weighted by Crippen LogP contribution is 2.00. The van der Waals surface area contributed by atoms with Gasteiger partial charge in [0.25, 0.3) is 0 Å². The predicted molar refractivity (Wildman–Crippen MR) is 52.6 cm³/mol. The standard InChI is InChI=1S/C9H19N3O/c1-8(13)11-6-7-12-9-2-4-10-5-3-9/h9-10,12H,2-7H2,1H3,(H,11,13). The molecule has 0 aliphatic carbocycles. The minimum Gasteiger partial charge on any atom is -0.355 e. The van der Waals surface area contributed by atoms with Crippen LogP contribution in [0.15, 0.2) is 0 Å². The molecule has 0 aromatic rings. The smallest absolute Gasteiger partial charge is 0.216 e. The van der Waals surface area contributed by atoms with Crippen molar-refractivity contribution < 1.29 is 4.79 Å². The highest BCUT2D eigenvalue weighted by atomic mass is 16.1. The molecule has 0 aromatic carbocycles. The van der Waals surface area contributed by atoms with E-state index in [-0.39, 0.29) is 5.91 Å². The van der Waals surface area contributed by atoms with Crippen molar-refractivity contribution in [1.29, 1.82) is 0 Å². The number of nitrogens with one attached hydrogen (secondary N) is 3. The topological polar surface area (TPSA) is 53.2 Å². The Morgan fingerprint density at radius 2 is 2.08 bits per heavy atom. The van der Waals surface area contributed by atoms with Crippen LogP contribution in [-0.2, 0) is 4.79 Å². The zero-order valence-electron chi connectivity index (χ0n) is 8.23. The van der Waals surface area contributed by atoms with Crippen molar-refractivity contribution in [3.8, 4) is 0 Å². The summed E-state index contributed by atoms with van der Waals surface area (Å²) in [5.74, 6) is 0.0483. The van der Waals surface area contributed by atoms with Gasteiger partial charge in [-0.3, -0.25) is 4.79 Å². The molecule has 3 N–H and O–H groups in total. The van der Waals surface area contributed by atoms with Gasteiger partial charge in [-0.25, -0.2) is 0 Å². The quantitative estimate of drug-likeness (QED) is 0.516. The summed E-state index contributed by atoms with van der Waals surface area (Å²) in [5, 5.41) is 9.50. The average Bonchev–Trinajstić information content (AvgIpc) is 2.14. The summed E-state index contributed by atoms with van der Waals surface area (Å²) in [6.45, 7) is 5.38. The Balaban J connectivity index is 1.95. The van der Waals surface area contributed by atoms with Crippen molar-refractivity contribution in [1.82, 2.24) is 16.0 Å². The zero-order valence-corrected chi connectivity index (χ0v) is 8.23. The number of rotatable bonds is 4. The molecule has 1 aliphatic heterocycles. The maximum absolute atomic E-state index is 10.5. The number of hydrogen-bond acceptors (Lipinski definition) is 3. The highest BCUT2D eigenvalue weighted by Gasteiger charge is 2.10. The number of amides is 1. The number of piperidine rings is 1. The highest BCUT2D eigenvalue weighted by molar-refractivity contribution is 5.72. The van der Waals surface area contributed by atoms with Crippen LogP contribution < -0.4 is 16.0 Å². The minimum absolute atomic E-state index is 0.0483. The van der Waals surface area contributed by atoms with Crippen LogP contribution in [0.3, 0.4) is 0 Å². The fourth-order valence-electron chi connectivity index (χ4n) is 1.54. The molecule has 0 spiro atoms. The van der Waals surface area contributed by atoms with E-state index in [1.807, 2.05) is 0 Å². The van der Waals surface area contributed by atoms with Gasteiger partial charge in [0, 0.05) is 26.1 Å². The van der Waals surface area contributed by atoms with Crippen LogP contribution in [0.5, 0.6) is 0 Å². The van der Waals surface area contributed by atoms with Gasteiger partial charge in [0.1, 0.15) is 0 Å². The van der Waals surface area contributed by atoms with Crippen molar-refractivity contribution in [2.24, 2.45) is 0 Å². The van der Waals surface area contributed by atoms with E-state index in [2.05, 4.69) is 16.0 Å². The lowest BCUT2D eigenvalue weighted by atomic mass is 10.1. The van der Waals surface area contributed by atoms with Gasteiger partial charge in [0.2, 0.25) is 5.91 Å². The van der Waals surface area contributed by atoms with Crippen LogP contribution in [0.1, 0.15) is 19.8 Å². The van der Waals surface area contributed by atoms with Crippen LogP contribution in [-0.4, -0.2) is 38.1 Å². The summed E-state index contributed by atoms with van der Waals surface area (Å²) in [6, 6.07) is 0.634. The van der Waals surface area contributed by atoms with E-state index in [0.717, 1.165) is 26.2 Å². The largest absolute Gasteiger partial charge is 0.355 e. The molecule has 13 heavy (non-hydrogen) atoms. The first-order valence-corrected chi connectivity index (χ1v) is 4.97. The molecule has 76 valence electrons. The Morgan fingerprint density at radius 1 is 1.38 bits per heavy atom. The first-order chi connectivity index (χ1) is 6.29. The molecule has 0 unspecified atom stereocenters. The molecular formula is C9H19N3O. The summed E-state index contributed by atoms with van der Waals surface area (Å²) in [6.07, 6.45) is 2.39. The third kappa shape index (κ3) is 4.85. The van der Waals surface area contributed by atoms with E-state index in [1.54, 1.807) is 6.92 Å². The number of carbonyl (C=O) groups is 1. The molecular weight excluding hydrogens is 166 g/mol. The van der Waals surface area contributed by atoms with E-state index in [4.69, 9.17) is 0 Å². The average molecular weight is 185 g/mol. The Morgan fingerprint density at radius 3 is 2.69 bits per heavy atom. The van der Waals surface area contributed by atoms with Gasteiger partial charge in [-0.2, -0.15) is 0 Å². The lowest BCUT2D eigenvalue weighted by Gasteiger charge is -2.23. The molecule has 4 heteroatoms. The molecule has 4 nitrogen and oxygen atoms in total. The van der Waals surface area contributed by atoms with Crippen LogP contribution in [0.2, 0.25) is 0 Å². The maximum Gasteiger partial charge on any atom is 0.216 e. The van der Waals surface area contributed by atoms with Gasteiger partial charge in [-0.05, 0) is 25.9 Å². The molecule has 1 saturated heterocycles. The van der Waals surface area contributed by atoms with Crippen LogP contribution in [0.4, 0.5) is 0 Å². The van der Waals surface area contributed by atoms with Gasteiger partial charge in [-0.15, -0.1) is 0 Å². The fourth-order valence-corrected chi connectivity index (χ4v) is 1.54. The molecule has 0 atom stereocenters. The normalized spacial score (nSPS) is 18.5. The first-order valence-electron chi connectivity index (χ1n) is 4.97. The Labute approximate surface area is 79.5 Å². The van der Waals surface area contributed by atoms with Gasteiger partial charge >= 0.3 is 0 Å². The van der Waals surface area contributed by atoms with Crippen molar-refractivity contribution >= 4 is 5.91 Å². The van der Waals surface area contributed by atoms with Crippen molar-refractivity contribution in [3.63, 3.8) is 0 Å². The Kier molecular flexibility index (Phi) is 4.78.